The summed E-state index contributed by atoms with van der Waals surface area (Å²) in [5, 5.41) is 0. The Labute approximate surface area is 215 Å². The molecule has 3 aromatic rings. The fraction of sp³-hybridized carbons (Fsp3) is 0.438. The molecule has 2 aliphatic rings. The molecular formula is C32H39FN2O. The van der Waals surface area contributed by atoms with E-state index in [2.05, 4.69) is 59.2 Å². The summed E-state index contributed by atoms with van der Waals surface area (Å²) in [5.74, 6) is 1.58. The topological polar surface area (TPSA) is 15.7 Å². The summed E-state index contributed by atoms with van der Waals surface area (Å²) in [6.45, 7) is 9.23. The fourth-order valence-electron chi connectivity index (χ4n) is 5.72. The first-order valence-corrected chi connectivity index (χ1v) is 13.6. The number of benzene rings is 3. The van der Waals surface area contributed by atoms with Crippen LogP contribution in [-0.4, -0.2) is 36.0 Å². The van der Waals surface area contributed by atoms with Crippen molar-refractivity contribution in [3.05, 3.63) is 100 Å². The molecule has 0 bridgehead atoms. The van der Waals surface area contributed by atoms with Crippen LogP contribution in [0.4, 0.5) is 4.39 Å². The highest BCUT2D eigenvalue weighted by Gasteiger charge is 2.20. The zero-order valence-electron chi connectivity index (χ0n) is 21.6. The van der Waals surface area contributed by atoms with Gasteiger partial charge in [0.05, 0.1) is 6.61 Å². The van der Waals surface area contributed by atoms with Crippen molar-refractivity contribution < 1.29 is 9.13 Å². The van der Waals surface area contributed by atoms with Crippen LogP contribution in [0.2, 0.25) is 0 Å². The molecular weight excluding hydrogens is 447 g/mol. The molecule has 2 heterocycles. The average molecular weight is 487 g/mol. The third-order valence-corrected chi connectivity index (χ3v) is 7.80. The smallest absolute Gasteiger partial charge is 0.123 e. The minimum atomic E-state index is -0.172. The minimum absolute atomic E-state index is 0.172. The van der Waals surface area contributed by atoms with E-state index in [1.165, 1.54) is 48.2 Å². The van der Waals surface area contributed by atoms with E-state index in [9.17, 15) is 4.39 Å². The molecule has 4 heteroatoms. The molecule has 2 aliphatic heterocycles. The van der Waals surface area contributed by atoms with E-state index in [4.69, 9.17) is 4.74 Å². The maximum Gasteiger partial charge on any atom is 0.123 e. The normalized spacial score (nSPS) is 17.5. The molecule has 0 amide bonds. The highest BCUT2D eigenvalue weighted by molar-refractivity contribution is 5.36. The van der Waals surface area contributed by atoms with Gasteiger partial charge in [0.1, 0.15) is 11.6 Å². The van der Waals surface area contributed by atoms with Gasteiger partial charge < -0.3 is 4.74 Å². The Hall–Kier alpha value is -2.69. The first-order chi connectivity index (χ1) is 17.6. The molecule has 190 valence electrons. The van der Waals surface area contributed by atoms with E-state index < -0.39 is 0 Å². The van der Waals surface area contributed by atoms with E-state index in [-0.39, 0.29) is 5.82 Å². The van der Waals surface area contributed by atoms with Gasteiger partial charge >= 0.3 is 0 Å². The Morgan fingerprint density at radius 1 is 0.833 bits per heavy atom. The first kappa shape index (κ1) is 25.0. The number of likely N-dealkylation sites (tertiary alicyclic amines) is 1. The molecule has 1 fully saturated rings. The van der Waals surface area contributed by atoms with Crippen LogP contribution < -0.4 is 4.74 Å². The van der Waals surface area contributed by atoms with Gasteiger partial charge in [-0.3, -0.25) is 9.80 Å². The quantitative estimate of drug-likeness (QED) is 0.350. The third-order valence-electron chi connectivity index (χ3n) is 7.80. The van der Waals surface area contributed by atoms with Crippen molar-refractivity contribution in [1.82, 2.24) is 9.80 Å². The number of halogens is 1. The lowest BCUT2D eigenvalue weighted by Gasteiger charge is -2.32. The molecule has 0 spiro atoms. The van der Waals surface area contributed by atoms with Crippen LogP contribution in [0.5, 0.6) is 5.75 Å². The summed E-state index contributed by atoms with van der Waals surface area (Å²) in [6, 6.07) is 22.5. The van der Waals surface area contributed by atoms with Crippen molar-refractivity contribution in [2.45, 2.75) is 58.7 Å². The van der Waals surface area contributed by atoms with Gasteiger partial charge in [0.2, 0.25) is 0 Å². The predicted molar refractivity (Wildman–Crippen MR) is 145 cm³/mol. The molecule has 3 aromatic carbocycles. The van der Waals surface area contributed by atoms with Crippen LogP contribution in [0.25, 0.3) is 0 Å². The Morgan fingerprint density at radius 3 is 2.44 bits per heavy atom. The number of hydrogen-bond donors (Lipinski definition) is 0. The minimum Gasteiger partial charge on any atom is -0.494 e. The molecule has 0 radical (unpaired) electrons. The molecule has 0 saturated carbocycles. The van der Waals surface area contributed by atoms with Crippen LogP contribution in [0.1, 0.15) is 53.5 Å². The van der Waals surface area contributed by atoms with Gasteiger partial charge in [-0.25, -0.2) is 4.39 Å². The summed E-state index contributed by atoms with van der Waals surface area (Å²) in [6.07, 6.45) is 5.91. The van der Waals surface area contributed by atoms with E-state index in [0.29, 0.717) is 0 Å². The Morgan fingerprint density at radius 2 is 1.64 bits per heavy atom. The van der Waals surface area contributed by atoms with Crippen LogP contribution in [-0.2, 0) is 26.1 Å². The third kappa shape index (κ3) is 6.96. The molecule has 0 aromatic heterocycles. The van der Waals surface area contributed by atoms with Gasteiger partial charge in [0, 0.05) is 19.6 Å². The van der Waals surface area contributed by atoms with Gasteiger partial charge in [-0.2, -0.15) is 0 Å². The summed E-state index contributed by atoms with van der Waals surface area (Å²) in [4.78, 5) is 5.06. The van der Waals surface area contributed by atoms with Crippen molar-refractivity contribution in [3.63, 3.8) is 0 Å². The lowest BCUT2D eigenvalue weighted by atomic mass is 9.93. The zero-order valence-corrected chi connectivity index (χ0v) is 21.6. The van der Waals surface area contributed by atoms with Gasteiger partial charge in [0.15, 0.2) is 0 Å². The number of nitrogens with zero attached hydrogens (tertiary/aromatic N) is 2. The molecule has 0 aliphatic carbocycles. The van der Waals surface area contributed by atoms with E-state index in [1.54, 1.807) is 12.1 Å². The molecule has 1 saturated heterocycles. The Balaban J connectivity index is 1.08. The summed E-state index contributed by atoms with van der Waals surface area (Å²) >= 11 is 0. The number of aryl methyl sites for hydroxylation is 2. The molecule has 3 nitrogen and oxygen atoms in total. The number of hydrogen-bond acceptors (Lipinski definition) is 3. The summed E-state index contributed by atoms with van der Waals surface area (Å²) < 4.78 is 19.5. The van der Waals surface area contributed by atoms with Crippen LogP contribution in [0, 0.1) is 18.7 Å². The molecule has 0 N–H and O–H groups in total. The zero-order chi connectivity index (χ0) is 24.7. The fourth-order valence-corrected chi connectivity index (χ4v) is 5.72. The maximum atomic E-state index is 13.3. The maximum absolute atomic E-state index is 13.3. The second-order valence-corrected chi connectivity index (χ2v) is 10.7. The van der Waals surface area contributed by atoms with Crippen LogP contribution >= 0.6 is 0 Å². The van der Waals surface area contributed by atoms with Crippen molar-refractivity contribution in [1.29, 1.82) is 0 Å². The van der Waals surface area contributed by atoms with Crippen molar-refractivity contribution in [3.8, 4) is 5.75 Å². The molecule has 0 atom stereocenters. The predicted octanol–water partition coefficient (Wildman–Crippen LogP) is 6.76. The largest absolute Gasteiger partial charge is 0.494 e. The number of fused-ring (bicyclic) bond motifs is 1. The summed E-state index contributed by atoms with van der Waals surface area (Å²) in [5.41, 5.74) is 6.74. The average Bonchev–Trinajstić information content (AvgIpc) is 3.08. The van der Waals surface area contributed by atoms with E-state index in [0.717, 1.165) is 69.3 Å². The van der Waals surface area contributed by atoms with E-state index >= 15 is 0 Å². The van der Waals surface area contributed by atoms with Crippen LogP contribution in [0.15, 0.2) is 66.7 Å². The second kappa shape index (κ2) is 12.0. The molecule has 36 heavy (non-hydrogen) atoms. The SMILES string of the molecule is Cc1cccc(CN2CCC(CCOc3ccc4c(c3)CN(Cc3ccc(F)cc3)CCC4)CC2)c1. The number of piperidine rings is 1. The van der Waals surface area contributed by atoms with Crippen molar-refractivity contribution in [2.75, 3.05) is 26.2 Å². The number of ether oxygens (including phenoxy) is 1. The molecule has 5 rings (SSSR count). The number of rotatable bonds is 8. The monoisotopic (exact) mass is 486 g/mol. The highest BCUT2D eigenvalue weighted by atomic mass is 19.1. The summed E-state index contributed by atoms with van der Waals surface area (Å²) in [7, 11) is 0. The van der Waals surface area contributed by atoms with Crippen molar-refractivity contribution in [2.24, 2.45) is 5.92 Å². The standard InChI is InChI=1S/C32H39FN2O/c1-25-4-2-5-28(20-25)23-34-17-13-26(14-18-34)15-19-36-32-12-9-29-6-3-16-35(24-30(29)21-32)22-27-7-10-31(33)11-8-27/h2,4-5,7-12,20-21,26H,3,6,13-19,22-24H2,1H3. The molecule has 0 unspecified atom stereocenters. The Kier molecular flexibility index (Phi) is 8.35. The van der Waals surface area contributed by atoms with E-state index in [1.807, 2.05) is 12.1 Å². The van der Waals surface area contributed by atoms with Crippen molar-refractivity contribution >= 4 is 0 Å². The van der Waals surface area contributed by atoms with Crippen LogP contribution in [0.3, 0.4) is 0 Å². The second-order valence-electron chi connectivity index (χ2n) is 10.7. The Bertz CT molecular complexity index is 1120. The lowest BCUT2D eigenvalue weighted by molar-refractivity contribution is 0.157. The lowest BCUT2D eigenvalue weighted by Crippen LogP contribution is -2.33. The van der Waals surface area contributed by atoms with Gasteiger partial charge in [-0.15, -0.1) is 0 Å². The highest BCUT2D eigenvalue weighted by Crippen LogP contribution is 2.26. The van der Waals surface area contributed by atoms with Gasteiger partial charge in [0.25, 0.3) is 0 Å². The van der Waals surface area contributed by atoms with Gasteiger partial charge in [-0.05, 0) is 111 Å². The first-order valence-electron chi connectivity index (χ1n) is 13.6. The van der Waals surface area contributed by atoms with Gasteiger partial charge in [-0.1, -0.05) is 48.0 Å².